The van der Waals surface area contributed by atoms with Crippen molar-refractivity contribution in [1.82, 2.24) is 5.32 Å². The van der Waals surface area contributed by atoms with Crippen LogP contribution in [0.5, 0.6) is 0 Å². The van der Waals surface area contributed by atoms with Crippen LogP contribution < -0.4 is 5.32 Å². The molecule has 0 heterocycles. The summed E-state index contributed by atoms with van der Waals surface area (Å²) in [5.74, 6) is 1.13. The van der Waals surface area contributed by atoms with Gasteiger partial charge in [-0.15, -0.1) is 11.8 Å². The van der Waals surface area contributed by atoms with E-state index in [1.807, 2.05) is 11.8 Å². The molecule has 0 saturated heterocycles. The monoisotopic (exact) mass is 253 g/mol. The van der Waals surface area contributed by atoms with Gasteiger partial charge in [-0.05, 0) is 31.5 Å². The Hall–Kier alpha value is -0.510. The predicted molar refractivity (Wildman–Crippen MR) is 75.7 cm³/mol. The Labute approximate surface area is 109 Å². The fraction of sp³-hybridized carbons (Fsp3) is 0.571. The maximum Gasteiger partial charge on any atom is 0.0462 e. The van der Waals surface area contributed by atoms with Crippen LogP contribution in [0.2, 0.25) is 0 Å². The van der Waals surface area contributed by atoms with E-state index >= 15 is 0 Å². The minimum atomic E-state index is 0.584. The molecule has 1 atom stereocenters. The molecule has 96 valence electrons. The summed E-state index contributed by atoms with van der Waals surface area (Å²) in [7, 11) is 1.76. The third kappa shape index (κ3) is 6.71. The highest BCUT2D eigenvalue weighted by atomic mass is 32.2. The molecule has 1 rings (SSSR count). The van der Waals surface area contributed by atoms with Gasteiger partial charge in [-0.3, -0.25) is 0 Å². The van der Waals surface area contributed by atoms with E-state index in [4.69, 9.17) is 4.74 Å². The Morgan fingerprint density at radius 3 is 2.71 bits per heavy atom. The van der Waals surface area contributed by atoms with Crippen LogP contribution in [0.15, 0.2) is 35.2 Å². The zero-order valence-corrected chi connectivity index (χ0v) is 11.6. The minimum Gasteiger partial charge on any atom is -0.385 e. The van der Waals surface area contributed by atoms with Crippen molar-refractivity contribution in [2.24, 2.45) is 0 Å². The molecule has 0 radical (unpaired) electrons. The summed E-state index contributed by atoms with van der Waals surface area (Å²) in [6.45, 7) is 4.06. The second-order valence-electron chi connectivity index (χ2n) is 4.01. The number of hydrogen-bond acceptors (Lipinski definition) is 3. The summed E-state index contributed by atoms with van der Waals surface area (Å²) in [5, 5.41) is 3.54. The zero-order valence-electron chi connectivity index (χ0n) is 10.8. The number of hydrogen-bond donors (Lipinski definition) is 1. The molecule has 1 aromatic carbocycles. The number of benzene rings is 1. The van der Waals surface area contributed by atoms with E-state index in [9.17, 15) is 0 Å². The number of rotatable bonds is 9. The summed E-state index contributed by atoms with van der Waals surface area (Å²) in [5.41, 5.74) is 0. The summed E-state index contributed by atoms with van der Waals surface area (Å²) in [6.07, 6.45) is 2.31. The van der Waals surface area contributed by atoms with Gasteiger partial charge in [-0.25, -0.2) is 0 Å². The van der Waals surface area contributed by atoms with Crippen molar-refractivity contribution in [3.05, 3.63) is 30.3 Å². The smallest absolute Gasteiger partial charge is 0.0462 e. The molecule has 1 N–H and O–H groups in total. The van der Waals surface area contributed by atoms with Gasteiger partial charge in [-0.2, -0.15) is 0 Å². The van der Waals surface area contributed by atoms with Crippen LogP contribution in [-0.4, -0.2) is 32.1 Å². The summed E-state index contributed by atoms with van der Waals surface area (Å²) < 4.78 is 5.10. The molecule has 17 heavy (non-hydrogen) atoms. The van der Waals surface area contributed by atoms with Crippen molar-refractivity contribution in [3.63, 3.8) is 0 Å². The Balaban J connectivity index is 2.28. The van der Waals surface area contributed by atoms with Crippen LogP contribution in [0.4, 0.5) is 0 Å². The molecular weight excluding hydrogens is 230 g/mol. The van der Waals surface area contributed by atoms with Crippen molar-refractivity contribution in [2.75, 3.05) is 26.0 Å². The molecule has 3 heteroatoms. The summed E-state index contributed by atoms with van der Waals surface area (Å²) >= 11 is 1.92. The standard InChI is InChI=1S/C14H23NOS/c1-3-15-13(8-7-11-16-2)12-17-14-9-5-4-6-10-14/h4-6,9-10,13,15H,3,7-8,11-12H2,1-2H3. The van der Waals surface area contributed by atoms with Crippen LogP contribution in [0.25, 0.3) is 0 Å². The molecule has 0 saturated carbocycles. The molecule has 0 aliphatic carbocycles. The molecule has 0 aliphatic rings. The zero-order chi connectivity index (χ0) is 12.3. The average Bonchev–Trinajstić information content (AvgIpc) is 2.37. The molecule has 1 aromatic rings. The SMILES string of the molecule is CCNC(CCCOC)CSc1ccccc1. The molecule has 0 aromatic heterocycles. The first-order chi connectivity index (χ1) is 8.36. The number of methoxy groups -OCH3 is 1. The van der Waals surface area contributed by atoms with Gasteiger partial charge in [0.2, 0.25) is 0 Å². The highest BCUT2D eigenvalue weighted by Crippen LogP contribution is 2.19. The maximum atomic E-state index is 5.10. The van der Waals surface area contributed by atoms with Gasteiger partial charge in [0.15, 0.2) is 0 Å². The van der Waals surface area contributed by atoms with Crippen LogP contribution in [0, 0.1) is 0 Å². The molecule has 0 bridgehead atoms. The van der Waals surface area contributed by atoms with E-state index in [0.717, 1.165) is 25.3 Å². The Kier molecular flexibility index (Phi) is 8.14. The van der Waals surface area contributed by atoms with Crippen molar-refractivity contribution in [3.8, 4) is 0 Å². The lowest BCUT2D eigenvalue weighted by molar-refractivity contribution is 0.190. The van der Waals surface area contributed by atoms with Gasteiger partial charge >= 0.3 is 0 Å². The predicted octanol–water partition coefficient (Wildman–Crippen LogP) is 3.18. The van der Waals surface area contributed by atoms with Gasteiger partial charge in [-0.1, -0.05) is 25.1 Å². The lowest BCUT2D eigenvalue weighted by Gasteiger charge is -2.17. The average molecular weight is 253 g/mol. The van der Waals surface area contributed by atoms with E-state index in [-0.39, 0.29) is 0 Å². The van der Waals surface area contributed by atoms with Crippen molar-refractivity contribution in [2.45, 2.75) is 30.7 Å². The second-order valence-corrected chi connectivity index (χ2v) is 5.11. The third-order valence-electron chi connectivity index (χ3n) is 2.59. The van der Waals surface area contributed by atoms with Crippen LogP contribution in [0.3, 0.4) is 0 Å². The van der Waals surface area contributed by atoms with Gasteiger partial charge in [0.25, 0.3) is 0 Å². The third-order valence-corrected chi connectivity index (χ3v) is 3.76. The van der Waals surface area contributed by atoms with E-state index in [2.05, 4.69) is 42.6 Å². The topological polar surface area (TPSA) is 21.3 Å². The quantitative estimate of drug-likeness (QED) is 0.539. The lowest BCUT2D eigenvalue weighted by Crippen LogP contribution is -2.31. The molecule has 1 unspecified atom stereocenters. The van der Waals surface area contributed by atoms with Crippen LogP contribution in [0.1, 0.15) is 19.8 Å². The molecule has 0 aliphatic heterocycles. The summed E-state index contributed by atoms with van der Waals surface area (Å²) in [4.78, 5) is 1.35. The molecule has 0 spiro atoms. The van der Waals surface area contributed by atoms with Gasteiger partial charge in [0.1, 0.15) is 0 Å². The first kappa shape index (κ1) is 14.6. The Morgan fingerprint density at radius 2 is 2.06 bits per heavy atom. The maximum absolute atomic E-state index is 5.10. The second kappa shape index (κ2) is 9.51. The number of ether oxygens (including phenoxy) is 1. The summed E-state index contributed by atoms with van der Waals surface area (Å²) in [6, 6.07) is 11.2. The molecule has 0 amide bonds. The Bertz CT molecular complexity index is 279. The van der Waals surface area contributed by atoms with Crippen molar-refractivity contribution < 1.29 is 4.74 Å². The van der Waals surface area contributed by atoms with Crippen molar-refractivity contribution in [1.29, 1.82) is 0 Å². The van der Waals surface area contributed by atoms with E-state index in [0.29, 0.717) is 6.04 Å². The fourth-order valence-corrected chi connectivity index (χ4v) is 2.75. The van der Waals surface area contributed by atoms with Crippen molar-refractivity contribution >= 4 is 11.8 Å². The van der Waals surface area contributed by atoms with Gasteiger partial charge in [0, 0.05) is 30.4 Å². The molecule has 0 fully saturated rings. The van der Waals surface area contributed by atoms with Gasteiger partial charge < -0.3 is 10.1 Å². The van der Waals surface area contributed by atoms with E-state index < -0.39 is 0 Å². The van der Waals surface area contributed by atoms with E-state index in [1.54, 1.807) is 7.11 Å². The highest BCUT2D eigenvalue weighted by molar-refractivity contribution is 7.99. The first-order valence-electron chi connectivity index (χ1n) is 6.27. The van der Waals surface area contributed by atoms with E-state index in [1.165, 1.54) is 11.3 Å². The number of thioether (sulfide) groups is 1. The highest BCUT2D eigenvalue weighted by Gasteiger charge is 2.07. The largest absolute Gasteiger partial charge is 0.385 e. The van der Waals surface area contributed by atoms with Crippen LogP contribution >= 0.6 is 11.8 Å². The number of nitrogens with one attached hydrogen (secondary N) is 1. The molecular formula is C14H23NOS. The van der Waals surface area contributed by atoms with Gasteiger partial charge in [0.05, 0.1) is 0 Å². The normalized spacial score (nSPS) is 12.6. The Morgan fingerprint density at radius 1 is 1.29 bits per heavy atom. The van der Waals surface area contributed by atoms with Crippen LogP contribution in [-0.2, 0) is 4.74 Å². The minimum absolute atomic E-state index is 0.584. The fourth-order valence-electron chi connectivity index (χ4n) is 1.72. The molecule has 2 nitrogen and oxygen atoms in total. The lowest BCUT2D eigenvalue weighted by atomic mass is 10.2. The first-order valence-corrected chi connectivity index (χ1v) is 7.25.